The van der Waals surface area contributed by atoms with Crippen LogP contribution in [0.4, 0.5) is 0 Å². The second-order valence-electron chi connectivity index (χ2n) is 4.79. The minimum Gasteiger partial charge on any atom is -0.379 e. The quantitative estimate of drug-likeness (QED) is 0.522. The summed E-state index contributed by atoms with van der Waals surface area (Å²) in [7, 11) is -1.05. The molecule has 0 N–H and O–H groups in total. The first-order valence-electron chi connectivity index (χ1n) is 5.30. The van der Waals surface area contributed by atoms with Crippen LogP contribution in [0, 0.1) is 0 Å². The van der Waals surface area contributed by atoms with Crippen LogP contribution in [-0.2, 0) is 4.74 Å². The number of hydrogen-bond acceptors (Lipinski definition) is 2. The average Bonchev–Trinajstić information content (AvgIpc) is 2.13. The lowest BCUT2D eigenvalue weighted by atomic mass is 10.4. The van der Waals surface area contributed by atoms with Gasteiger partial charge in [-0.15, -0.1) is 5.73 Å². The van der Waals surface area contributed by atoms with Crippen molar-refractivity contribution in [2.45, 2.75) is 19.6 Å². The van der Waals surface area contributed by atoms with Crippen LogP contribution in [0.5, 0.6) is 0 Å². The third-order valence-corrected chi connectivity index (χ3v) is 3.12. The summed E-state index contributed by atoms with van der Waals surface area (Å²) in [6, 6.07) is 0. The van der Waals surface area contributed by atoms with Gasteiger partial charge in [-0.1, -0.05) is 25.3 Å². The average molecular weight is 211 g/mol. The van der Waals surface area contributed by atoms with Gasteiger partial charge in [-0.05, 0) is 6.08 Å². The number of ether oxygens (including phenoxy) is 1. The summed E-state index contributed by atoms with van der Waals surface area (Å²) in [5.41, 5.74) is 5.56. The standard InChI is InChI=1S/C11H21NOSi/c1-14(2,3)11-5-4-6-12-7-9-13-10-8-12/h4,11H,6-10H2,1-3H3. The highest BCUT2D eigenvalue weighted by Gasteiger charge is 2.08. The first kappa shape index (κ1) is 11.7. The summed E-state index contributed by atoms with van der Waals surface area (Å²) >= 11 is 0. The van der Waals surface area contributed by atoms with Crippen LogP contribution in [0.3, 0.4) is 0 Å². The summed E-state index contributed by atoms with van der Waals surface area (Å²) in [5.74, 6) is 0. The molecule has 1 aliphatic heterocycles. The Bertz CT molecular complexity index is 220. The van der Waals surface area contributed by atoms with E-state index in [1.54, 1.807) is 0 Å². The first-order valence-corrected chi connectivity index (χ1v) is 8.88. The molecule has 1 aliphatic rings. The Hall–Kier alpha value is -0.343. The number of hydrogen-bond donors (Lipinski definition) is 0. The van der Waals surface area contributed by atoms with Crippen molar-refractivity contribution in [2.24, 2.45) is 0 Å². The Kier molecular flexibility index (Phi) is 4.62. The second-order valence-corrected chi connectivity index (χ2v) is 9.81. The van der Waals surface area contributed by atoms with Gasteiger partial charge in [-0.25, -0.2) is 0 Å². The van der Waals surface area contributed by atoms with Gasteiger partial charge >= 0.3 is 0 Å². The van der Waals surface area contributed by atoms with E-state index < -0.39 is 8.07 Å². The van der Waals surface area contributed by atoms with Crippen molar-refractivity contribution >= 4 is 8.07 Å². The van der Waals surface area contributed by atoms with E-state index in [0.29, 0.717) is 0 Å². The minimum absolute atomic E-state index is 0.881. The molecule has 0 aliphatic carbocycles. The van der Waals surface area contributed by atoms with Crippen molar-refractivity contribution in [3.8, 4) is 0 Å². The summed E-state index contributed by atoms with van der Waals surface area (Å²) in [6.45, 7) is 11.9. The van der Waals surface area contributed by atoms with Gasteiger partial charge in [0.25, 0.3) is 0 Å². The van der Waals surface area contributed by atoms with E-state index in [1.807, 2.05) is 0 Å². The molecule has 14 heavy (non-hydrogen) atoms. The van der Waals surface area contributed by atoms with Crippen molar-refractivity contribution in [3.05, 3.63) is 17.5 Å². The molecule has 0 spiro atoms. The third-order valence-electron chi connectivity index (χ3n) is 2.09. The van der Waals surface area contributed by atoms with Gasteiger partial charge in [0.05, 0.1) is 21.3 Å². The van der Waals surface area contributed by atoms with E-state index in [9.17, 15) is 0 Å². The molecule has 0 saturated carbocycles. The van der Waals surface area contributed by atoms with Gasteiger partial charge in [0.1, 0.15) is 0 Å². The zero-order valence-electron chi connectivity index (χ0n) is 9.55. The molecule has 0 aromatic carbocycles. The largest absolute Gasteiger partial charge is 0.379 e. The fourth-order valence-corrected chi connectivity index (χ4v) is 1.89. The number of morpholine rings is 1. The predicted molar refractivity (Wildman–Crippen MR) is 63.3 cm³/mol. The Balaban J connectivity index is 2.28. The maximum absolute atomic E-state index is 5.28. The lowest BCUT2D eigenvalue weighted by molar-refractivity contribution is 0.0434. The van der Waals surface area contributed by atoms with Crippen molar-refractivity contribution in [1.29, 1.82) is 0 Å². The molecular formula is C11H21NOSi. The lowest BCUT2D eigenvalue weighted by Gasteiger charge is -2.24. The molecular weight excluding hydrogens is 190 g/mol. The van der Waals surface area contributed by atoms with Crippen molar-refractivity contribution in [2.75, 3.05) is 32.8 Å². The molecule has 0 amide bonds. The molecule has 0 aromatic rings. The first-order chi connectivity index (χ1) is 6.58. The summed E-state index contributed by atoms with van der Waals surface area (Å²) in [6.07, 6.45) is 2.14. The maximum atomic E-state index is 5.28. The van der Waals surface area contributed by atoms with E-state index in [-0.39, 0.29) is 0 Å². The Morgan fingerprint density at radius 2 is 1.93 bits per heavy atom. The molecule has 2 nitrogen and oxygen atoms in total. The molecule has 0 atom stereocenters. The highest BCUT2D eigenvalue weighted by Crippen LogP contribution is 2.00. The van der Waals surface area contributed by atoms with E-state index in [1.165, 1.54) is 0 Å². The van der Waals surface area contributed by atoms with Crippen LogP contribution in [0.1, 0.15) is 0 Å². The summed E-state index contributed by atoms with van der Waals surface area (Å²) in [5, 5.41) is 0. The smallest absolute Gasteiger partial charge is 0.0781 e. The van der Waals surface area contributed by atoms with E-state index in [4.69, 9.17) is 4.74 Å². The molecule has 0 aromatic heterocycles. The molecule has 80 valence electrons. The summed E-state index contributed by atoms with van der Waals surface area (Å²) in [4.78, 5) is 2.40. The lowest BCUT2D eigenvalue weighted by Crippen LogP contribution is -2.36. The topological polar surface area (TPSA) is 12.5 Å². The molecule has 1 fully saturated rings. The fourth-order valence-electron chi connectivity index (χ4n) is 1.27. The van der Waals surface area contributed by atoms with Crippen LogP contribution in [-0.4, -0.2) is 45.8 Å². The molecule has 0 bridgehead atoms. The molecule has 3 heteroatoms. The number of nitrogens with zero attached hydrogens (tertiary/aromatic N) is 1. The van der Waals surface area contributed by atoms with E-state index in [2.05, 4.69) is 42.0 Å². The van der Waals surface area contributed by atoms with Crippen LogP contribution >= 0.6 is 0 Å². The molecule has 0 radical (unpaired) electrons. The SMILES string of the molecule is C[Si](C)(C)C=C=CCN1CCOCC1. The third kappa shape index (κ3) is 5.40. The number of rotatable bonds is 3. The van der Waals surface area contributed by atoms with Gasteiger partial charge in [-0.2, -0.15) is 0 Å². The van der Waals surface area contributed by atoms with Crippen molar-refractivity contribution in [1.82, 2.24) is 4.90 Å². The van der Waals surface area contributed by atoms with Gasteiger partial charge in [0.2, 0.25) is 0 Å². The van der Waals surface area contributed by atoms with Gasteiger partial charge in [0.15, 0.2) is 0 Å². The van der Waals surface area contributed by atoms with Crippen molar-refractivity contribution < 1.29 is 4.74 Å². The van der Waals surface area contributed by atoms with Crippen molar-refractivity contribution in [3.63, 3.8) is 0 Å². The predicted octanol–water partition coefficient (Wildman–Crippen LogP) is 1.91. The molecule has 1 rings (SSSR count). The zero-order valence-corrected chi connectivity index (χ0v) is 10.5. The fraction of sp³-hybridized carbons (Fsp3) is 0.727. The molecule has 1 saturated heterocycles. The zero-order chi connectivity index (χ0) is 10.4. The van der Waals surface area contributed by atoms with Crippen LogP contribution in [0.25, 0.3) is 0 Å². The normalized spacial score (nSPS) is 18.8. The Labute approximate surface area is 88.3 Å². The van der Waals surface area contributed by atoms with Gasteiger partial charge in [0, 0.05) is 19.6 Å². The van der Waals surface area contributed by atoms with Gasteiger partial charge in [-0.3, -0.25) is 4.90 Å². The Morgan fingerprint density at radius 1 is 1.29 bits per heavy atom. The van der Waals surface area contributed by atoms with E-state index in [0.717, 1.165) is 32.8 Å². The second kappa shape index (κ2) is 5.52. The molecule has 0 unspecified atom stereocenters. The van der Waals surface area contributed by atoms with Crippen LogP contribution in [0.2, 0.25) is 19.6 Å². The molecule has 1 heterocycles. The van der Waals surface area contributed by atoms with Crippen LogP contribution < -0.4 is 0 Å². The highest BCUT2D eigenvalue weighted by atomic mass is 28.3. The highest BCUT2D eigenvalue weighted by molar-refractivity contribution is 6.80. The maximum Gasteiger partial charge on any atom is 0.0781 e. The van der Waals surface area contributed by atoms with Crippen LogP contribution in [0.15, 0.2) is 17.5 Å². The van der Waals surface area contributed by atoms with E-state index >= 15 is 0 Å². The summed E-state index contributed by atoms with van der Waals surface area (Å²) < 4.78 is 5.28. The monoisotopic (exact) mass is 211 g/mol. The van der Waals surface area contributed by atoms with Gasteiger partial charge < -0.3 is 4.74 Å². The minimum atomic E-state index is -1.05. The Morgan fingerprint density at radius 3 is 2.50 bits per heavy atom.